The second-order valence-corrected chi connectivity index (χ2v) is 6.18. The highest BCUT2D eigenvalue weighted by Crippen LogP contribution is 2.29. The molecule has 0 saturated heterocycles. The zero-order valence-corrected chi connectivity index (χ0v) is 13.4. The van der Waals surface area contributed by atoms with Crippen LogP contribution in [0.4, 0.5) is 4.39 Å². The largest absolute Gasteiger partial charge is 0.326 e. The molecule has 0 heterocycles. The monoisotopic (exact) mass is 280 g/mol. The molecule has 0 bridgehead atoms. The SMILES string of the molecule is CCC(N)C(c1ccccc1F)N(C)C(C)CC(C)C. The lowest BCUT2D eigenvalue weighted by Gasteiger charge is -2.37. The lowest BCUT2D eigenvalue weighted by molar-refractivity contribution is 0.139. The third-order valence-corrected chi connectivity index (χ3v) is 4.05. The summed E-state index contributed by atoms with van der Waals surface area (Å²) >= 11 is 0. The second kappa shape index (κ2) is 7.75. The number of likely N-dealkylation sites (N-methyl/N-ethyl adjacent to an activating group) is 1. The van der Waals surface area contributed by atoms with Gasteiger partial charge in [0, 0.05) is 17.6 Å². The van der Waals surface area contributed by atoms with Crippen molar-refractivity contribution < 1.29 is 4.39 Å². The molecule has 3 heteroatoms. The minimum atomic E-state index is -0.162. The average Bonchev–Trinajstić information content (AvgIpc) is 2.39. The number of rotatable bonds is 7. The van der Waals surface area contributed by atoms with Gasteiger partial charge in [-0.15, -0.1) is 0 Å². The van der Waals surface area contributed by atoms with Crippen LogP contribution in [-0.2, 0) is 0 Å². The van der Waals surface area contributed by atoms with Gasteiger partial charge >= 0.3 is 0 Å². The van der Waals surface area contributed by atoms with Gasteiger partial charge in [0.25, 0.3) is 0 Å². The Bertz CT molecular complexity index is 406. The van der Waals surface area contributed by atoms with Crippen LogP contribution in [0.15, 0.2) is 24.3 Å². The highest BCUT2D eigenvalue weighted by atomic mass is 19.1. The molecule has 0 amide bonds. The first kappa shape index (κ1) is 17.1. The third kappa shape index (κ3) is 4.29. The first-order valence-electron chi connectivity index (χ1n) is 7.60. The maximum atomic E-state index is 14.1. The van der Waals surface area contributed by atoms with Crippen LogP contribution in [0, 0.1) is 11.7 Å². The molecule has 0 spiro atoms. The Morgan fingerprint density at radius 2 is 1.80 bits per heavy atom. The van der Waals surface area contributed by atoms with Gasteiger partial charge in [0.1, 0.15) is 5.82 Å². The van der Waals surface area contributed by atoms with Crippen molar-refractivity contribution in [2.24, 2.45) is 11.7 Å². The summed E-state index contributed by atoms with van der Waals surface area (Å²) in [6.07, 6.45) is 1.91. The van der Waals surface area contributed by atoms with Crippen LogP contribution in [0.5, 0.6) is 0 Å². The summed E-state index contributed by atoms with van der Waals surface area (Å²) in [5, 5.41) is 0. The molecule has 0 radical (unpaired) electrons. The smallest absolute Gasteiger partial charge is 0.128 e. The lowest BCUT2D eigenvalue weighted by Crippen LogP contribution is -2.43. The van der Waals surface area contributed by atoms with Gasteiger partial charge in [-0.3, -0.25) is 4.90 Å². The van der Waals surface area contributed by atoms with Crippen molar-refractivity contribution in [3.63, 3.8) is 0 Å². The molecule has 0 saturated carbocycles. The zero-order valence-electron chi connectivity index (χ0n) is 13.4. The number of hydrogen-bond donors (Lipinski definition) is 1. The zero-order chi connectivity index (χ0) is 15.3. The molecule has 2 nitrogen and oxygen atoms in total. The van der Waals surface area contributed by atoms with Crippen LogP contribution in [0.3, 0.4) is 0 Å². The third-order valence-electron chi connectivity index (χ3n) is 4.05. The molecule has 3 unspecified atom stereocenters. The van der Waals surface area contributed by atoms with Gasteiger partial charge in [-0.2, -0.15) is 0 Å². The van der Waals surface area contributed by atoms with Crippen LogP contribution in [0.2, 0.25) is 0 Å². The lowest BCUT2D eigenvalue weighted by atomic mass is 9.93. The minimum absolute atomic E-state index is 0.0634. The Kier molecular flexibility index (Phi) is 6.63. The van der Waals surface area contributed by atoms with Gasteiger partial charge in [0.15, 0.2) is 0 Å². The number of benzene rings is 1. The summed E-state index contributed by atoms with van der Waals surface area (Å²) < 4.78 is 14.1. The van der Waals surface area contributed by atoms with Gasteiger partial charge in [-0.05, 0) is 38.8 Å². The van der Waals surface area contributed by atoms with Crippen LogP contribution >= 0.6 is 0 Å². The topological polar surface area (TPSA) is 29.3 Å². The highest BCUT2D eigenvalue weighted by Gasteiger charge is 2.28. The number of hydrogen-bond acceptors (Lipinski definition) is 2. The Morgan fingerprint density at radius 3 is 2.30 bits per heavy atom. The van der Waals surface area contributed by atoms with Gasteiger partial charge in [-0.1, -0.05) is 39.0 Å². The van der Waals surface area contributed by atoms with Gasteiger partial charge in [-0.25, -0.2) is 4.39 Å². The van der Waals surface area contributed by atoms with E-state index >= 15 is 0 Å². The van der Waals surface area contributed by atoms with E-state index in [-0.39, 0.29) is 17.9 Å². The molecular weight excluding hydrogens is 251 g/mol. The van der Waals surface area contributed by atoms with Crippen LogP contribution in [0.25, 0.3) is 0 Å². The molecule has 1 aromatic rings. The predicted octanol–water partition coefficient (Wildman–Crippen LogP) is 3.97. The molecule has 3 atom stereocenters. The van der Waals surface area contributed by atoms with E-state index < -0.39 is 0 Å². The Hall–Kier alpha value is -0.930. The summed E-state index contributed by atoms with van der Waals surface area (Å²) in [5.74, 6) is 0.455. The van der Waals surface area contributed by atoms with Gasteiger partial charge in [0.05, 0.1) is 6.04 Å². The molecule has 1 rings (SSSR count). The maximum Gasteiger partial charge on any atom is 0.128 e. The van der Waals surface area contributed by atoms with E-state index in [2.05, 4.69) is 39.6 Å². The quantitative estimate of drug-likeness (QED) is 0.819. The van der Waals surface area contributed by atoms with Crippen molar-refractivity contribution in [2.45, 2.75) is 58.7 Å². The van der Waals surface area contributed by atoms with Crippen molar-refractivity contribution in [3.8, 4) is 0 Å². The summed E-state index contributed by atoms with van der Waals surface area (Å²) in [6, 6.07) is 7.22. The summed E-state index contributed by atoms with van der Waals surface area (Å²) in [4.78, 5) is 2.23. The minimum Gasteiger partial charge on any atom is -0.326 e. The molecule has 1 aromatic carbocycles. The molecule has 0 aromatic heterocycles. The fourth-order valence-electron chi connectivity index (χ4n) is 2.81. The normalized spacial score (nSPS) is 16.4. The standard InChI is InChI=1S/C17H29FN2/c1-6-16(19)17(14-9-7-8-10-15(14)18)20(5)13(4)11-12(2)3/h7-10,12-13,16-17H,6,11,19H2,1-5H3. The van der Waals surface area contributed by atoms with Gasteiger partial charge in [0.2, 0.25) is 0 Å². The second-order valence-electron chi connectivity index (χ2n) is 6.18. The molecule has 20 heavy (non-hydrogen) atoms. The van der Waals surface area contributed by atoms with Crippen molar-refractivity contribution in [3.05, 3.63) is 35.6 Å². The molecule has 0 aliphatic rings. The Labute approximate surface area is 123 Å². The first-order valence-corrected chi connectivity index (χ1v) is 7.60. The van der Waals surface area contributed by atoms with E-state index in [1.54, 1.807) is 6.07 Å². The van der Waals surface area contributed by atoms with Crippen molar-refractivity contribution >= 4 is 0 Å². The average molecular weight is 280 g/mol. The van der Waals surface area contributed by atoms with Crippen molar-refractivity contribution in [2.75, 3.05) is 7.05 Å². The van der Waals surface area contributed by atoms with E-state index in [4.69, 9.17) is 5.73 Å². The molecule has 0 aliphatic heterocycles. The summed E-state index contributed by atoms with van der Waals surface area (Å²) in [5.41, 5.74) is 6.99. The van der Waals surface area contributed by atoms with E-state index in [0.717, 1.165) is 12.8 Å². The van der Waals surface area contributed by atoms with E-state index in [9.17, 15) is 4.39 Å². The molecule has 114 valence electrons. The summed E-state index contributed by atoms with van der Waals surface area (Å²) in [7, 11) is 2.06. The highest BCUT2D eigenvalue weighted by molar-refractivity contribution is 5.23. The maximum absolute atomic E-state index is 14.1. The van der Waals surface area contributed by atoms with Crippen LogP contribution < -0.4 is 5.73 Å². The fraction of sp³-hybridized carbons (Fsp3) is 0.647. The van der Waals surface area contributed by atoms with Crippen LogP contribution in [-0.4, -0.2) is 24.0 Å². The Balaban J connectivity index is 3.04. The Morgan fingerprint density at radius 1 is 1.20 bits per heavy atom. The molecular formula is C17H29FN2. The summed E-state index contributed by atoms with van der Waals surface area (Å²) in [6.45, 7) is 8.67. The predicted molar refractivity (Wildman–Crippen MR) is 84.1 cm³/mol. The van der Waals surface area contributed by atoms with Crippen LogP contribution in [0.1, 0.15) is 52.1 Å². The first-order chi connectivity index (χ1) is 9.38. The van der Waals surface area contributed by atoms with E-state index in [1.165, 1.54) is 6.07 Å². The number of halogens is 1. The number of nitrogens with zero attached hydrogens (tertiary/aromatic N) is 1. The number of nitrogens with two attached hydrogens (primary N) is 1. The van der Waals surface area contributed by atoms with Crippen molar-refractivity contribution in [1.29, 1.82) is 0 Å². The van der Waals surface area contributed by atoms with Crippen molar-refractivity contribution in [1.82, 2.24) is 4.90 Å². The molecule has 2 N–H and O–H groups in total. The molecule has 0 aliphatic carbocycles. The van der Waals surface area contributed by atoms with E-state index in [1.807, 2.05) is 12.1 Å². The van der Waals surface area contributed by atoms with E-state index in [0.29, 0.717) is 17.5 Å². The molecule has 0 fully saturated rings. The van der Waals surface area contributed by atoms with Gasteiger partial charge < -0.3 is 5.73 Å². The fourth-order valence-corrected chi connectivity index (χ4v) is 2.81.